The fourth-order valence-corrected chi connectivity index (χ4v) is 4.19. The summed E-state index contributed by atoms with van der Waals surface area (Å²) in [7, 11) is -3.99. The van der Waals surface area contributed by atoms with Crippen LogP contribution in [0.5, 0.6) is 0 Å². The minimum atomic E-state index is -3.99. The molecular weight excluding hydrogens is 297 g/mol. The second-order valence-corrected chi connectivity index (χ2v) is 7.29. The van der Waals surface area contributed by atoms with Gasteiger partial charge in [0.2, 0.25) is 10.0 Å². The number of carboxylic acids is 1. The van der Waals surface area contributed by atoms with Gasteiger partial charge in [0, 0.05) is 13.1 Å². The zero-order valence-corrected chi connectivity index (χ0v) is 12.6. The van der Waals surface area contributed by atoms with Crippen molar-refractivity contribution < 1.29 is 22.7 Å². The number of sulfonamides is 1. The first-order valence-electron chi connectivity index (χ1n) is 6.85. The highest BCUT2D eigenvalue weighted by molar-refractivity contribution is 7.89. The van der Waals surface area contributed by atoms with Gasteiger partial charge in [-0.1, -0.05) is 6.92 Å². The monoisotopic (exact) mass is 315 g/mol. The number of aromatic carboxylic acids is 1. The van der Waals surface area contributed by atoms with E-state index in [-0.39, 0.29) is 0 Å². The number of hydrogen-bond acceptors (Lipinski definition) is 3. The molecule has 0 radical (unpaired) electrons. The Morgan fingerprint density at radius 3 is 2.71 bits per heavy atom. The SMILES string of the molecule is CC1CCCN(S(=O)(=O)c2cc(F)ccc2C(=O)O)CC1. The molecule has 7 heteroatoms. The molecular formula is C14H18FNO4S. The van der Waals surface area contributed by atoms with Gasteiger partial charge in [-0.15, -0.1) is 0 Å². The van der Waals surface area contributed by atoms with E-state index in [1.807, 2.05) is 0 Å². The molecule has 0 saturated carbocycles. The molecule has 0 aliphatic carbocycles. The summed E-state index contributed by atoms with van der Waals surface area (Å²) in [6.45, 7) is 2.72. The molecule has 1 aromatic carbocycles. The van der Waals surface area contributed by atoms with Crippen LogP contribution in [0, 0.1) is 11.7 Å². The van der Waals surface area contributed by atoms with Gasteiger partial charge in [0.25, 0.3) is 0 Å². The fraction of sp³-hybridized carbons (Fsp3) is 0.500. The Morgan fingerprint density at radius 1 is 1.33 bits per heavy atom. The smallest absolute Gasteiger partial charge is 0.337 e. The van der Waals surface area contributed by atoms with Crippen LogP contribution in [-0.4, -0.2) is 36.9 Å². The van der Waals surface area contributed by atoms with E-state index in [0.29, 0.717) is 19.0 Å². The van der Waals surface area contributed by atoms with Gasteiger partial charge in [0.15, 0.2) is 0 Å². The average Bonchev–Trinajstić information content (AvgIpc) is 2.63. The van der Waals surface area contributed by atoms with Gasteiger partial charge in [-0.05, 0) is 43.4 Å². The first kappa shape index (κ1) is 15.9. The molecule has 1 heterocycles. The van der Waals surface area contributed by atoms with Crippen LogP contribution in [0.25, 0.3) is 0 Å². The van der Waals surface area contributed by atoms with E-state index in [9.17, 15) is 17.6 Å². The topological polar surface area (TPSA) is 74.7 Å². The van der Waals surface area contributed by atoms with Gasteiger partial charge in [0.1, 0.15) is 5.82 Å². The molecule has 5 nitrogen and oxygen atoms in total. The molecule has 116 valence electrons. The molecule has 0 spiro atoms. The second-order valence-electron chi connectivity index (χ2n) is 5.39. The molecule has 1 aromatic rings. The van der Waals surface area contributed by atoms with Crippen molar-refractivity contribution >= 4 is 16.0 Å². The van der Waals surface area contributed by atoms with Crippen molar-refractivity contribution in [3.63, 3.8) is 0 Å². The number of carbonyl (C=O) groups is 1. The second kappa shape index (κ2) is 6.11. The molecule has 2 rings (SSSR count). The highest BCUT2D eigenvalue weighted by atomic mass is 32.2. The van der Waals surface area contributed by atoms with Crippen molar-refractivity contribution in [3.8, 4) is 0 Å². The predicted octanol–water partition coefficient (Wildman–Crippen LogP) is 2.33. The van der Waals surface area contributed by atoms with E-state index in [1.165, 1.54) is 4.31 Å². The number of nitrogens with zero attached hydrogens (tertiary/aromatic N) is 1. The quantitative estimate of drug-likeness (QED) is 0.929. The third-order valence-corrected chi connectivity index (χ3v) is 5.71. The van der Waals surface area contributed by atoms with Crippen molar-refractivity contribution in [1.29, 1.82) is 0 Å². The van der Waals surface area contributed by atoms with E-state index < -0.39 is 32.3 Å². The average molecular weight is 315 g/mol. The van der Waals surface area contributed by atoms with Crippen LogP contribution in [0.2, 0.25) is 0 Å². The largest absolute Gasteiger partial charge is 0.478 e. The summed E-state index contributed by atoms with van der Waals surface area (Å²) < 4.78 is 39.9. The summed E-state index contributed by atoms with van der Waals surface area (Å²) in [6, 6.07) is 2.73. The van der Waals surface area contributed by atoms with Gasteiger partial charge < -0.3 is 5.11 Å². The zero-order chi connectivity index (χ0) is 15.6. The summed E-state index contributed by atoms with van der Waals surface area (Å²) in [6.07, 6.45) is 2.37. The van der Waals surface area contributed by atoms with Crippen molar-refractivity contribution in [3.05, 3.63) is 29.6 Å². The zero-order valence-electron chi connectivity index (χ0n) is 11.8. The van der Waals surface area contributed by atoms with Gasteiger partial charge in [-0.25, -0.2) is 17.6 Å². The molecule has 1 N–H and O–H groups in total. The third-order valence-electron chi connectivity index (χ3n) is 3.77. The van der Waals surface area contributed by atoms with Crippen molar-refractivity contribution in [2.24, 2.45) is 5.92 Å². The molecule has 1 fully saturated rings. The first-order valence-corrected chi connectivity index (χ1v) is 8.29. The maximum absolute atomic E-state index is 13.4. The lowest BCUT2D eigenvalue weighted by atomic mass is 10.0. The molecule has 1 saturated heterocycles. The van der Waals surface area contributed by atoms with Crippen LogP contribution in [0.15, 0.2) is 23.1 Å². The van der Waals surface area contributed by atoms with Crippen LogP contribution in [0.1, 0.15) is 36.5 Å². The number of rotatable bonds is 3. The van der Waals surface area contributed by atoms with Crippen LogP contribution >= 0.6 is 0 Å². The highest BCUT2D eigenvalue weighted by Gasteiger charge is 2.30. The maximum atomic E-state index is 13.4. The summed E-state index contributed by atoms with van der Waals surface area (Å²) in [4.78, 5) is 10.7. The lowest BCUT2D eigenvalue weighted by Gasteiger charge is -2.21. The minimum Gasteiger partial charge on any atom is -0.478 e. The van der Waals surface area contributed by atoms with Crippen molar-refractivity contribution in [2.75, 3.05) is 13.1 Å². The Balaban J connectivity index is 2.43. The normalized spacial score (nSPS) is 21.0. The van der Waals surface area contributed by atoms with Crippen molar-refractivity contribution in [1.82, 2.24) is 4.31 Å². The summed E-state index contributed by atoms with van der Waals surface area (Å²) in [5, 5.41) is 9.11. The standard InChI is InChI=1S/C14H18FNO4S/c1-10-3-2-7-16(8-6-10)21(19,20)13-9-11(15)4-5-12(13)14(17)18/h4-5,9-10H,2-3,6-8H2,1H3,(H,17,18). The van der Waals surface area contributed by atoms with Crippen LogP contribution in [0.4, 0.5) is 4.39 Å². The summed E-state index contributed by atoms with van der Waals surface area (Å²) >= 11 is 0. The Kier molecular flexibility index (Phi) is 4.63. The van der Waals surface area contributed by atoms with Crippen LogP contribution in [0.3, 0.4) is 0 Å². The highest BCUT2D eigenvalue weighted by Crippen LogP contribution is 2.25. The van der Waals surface area contributed by atoms with E-state index in [0.717, 1.165) is 37.5 Å². The molecule has 0 amide bonds. The number of benzene rings is 1. The predicted molar refractivity (Wildman–Crippen MR) is 75.1 cm³/mol. The summed E-state index contributed by atoms with van der Waals surface area (Å²) in [5.74, 6) is -1.71. The Hall–Kier alpha value is -1.47. The Labute approximate surface area is 123 Å². The molecule has 21 heavy (non-hydrogen) atoms. The maximum Gasteiger partial charge on any atom is 0.337 e. The van der Waals surface area contributed by atoms with E-state index in [1.54, 1.807) is 0 Å². The van der Waals surface area contributed by atoms with Gasteiger partial charge in [-0.3, -0.25) is 0 Å². The fourth-order valence-electron chi connectivity index (χ4n) is 2.50. The Morgan fingerprint density at radius 2 is 2.05 bits per heavy atom. The van der Waals surface area contributed by atoms with E-state index >= 15 is 0 Å². The first-order chi connectivity index (χ1) is 9.82. The molecule has 1 unspecified atom stereocenters. The van der Waals surface area contributed by atoms with Crippen molar-refractivity contribution in [2.45, 2.75) is 31.1 Å². The van der Waals surface area contributed by atoms with Gasteiger partial charge >= 0.3 is 5.97 Å². The molecule has 1 aliphatic heterocycles. The number of hydrogen-bond donors (Lipinski definition) is 1. The van der Waals surface area contributed by atoms with Gasteiger partial charge in [-0.2, -0.15) is 4.31 Å². The molecule has 0 bridgehead atoms. The summed E-state index contributed by atoms with van der Waals surface area (Å²) in [5.41, 5.74) is -0.395. The Bertz CT molecular complexity index is 644. The van der Waals surface area contributed by atoms with E-state index in [2.05, 4.69) is 6.92 Å². The van der Waals surface area contributed by atoms with Gasteiger partial charge in [0.05, 0.1) is 10.5 Å². The van der Waals surface area contributed by atoms with Crippen LogP contribution in [-0.2, 0) is 10.0 Å². The lowest BCUT2D eigenvalue weighted by Crippen LogP contribution is -2.33. The number of carboxylic acid groups (broad SMARTS) is 1. The lowest BCUT2D eigenvalue weighted by molar-refractivity contribution is 0.0692. The molecule has 1 atom stereocenters. The molecule has 0 aromatic heterocycles. The molecule has 1 aliphatic rings. The van der Waals surface area contributed by atoms with E-state index in [4.69, 9.17) is 5.11 Å². The van der Waals surface area contributed by atoms with Crippen LogP contribution < -0.4 is 0 Å². The number of halogens is 1. The minimum absolute atomic E-state index is 0.332. The third kappa shape index (κ3) is 3.41.